The van der Waals surface area contributed by atoms with Crippen molar-refractivity contribution in [1.82, 2.24) is 9.62 Å². The number of halogens is 3. The Balaban J connectivity index is 2.56. The van der Waals surface area contributed by atoms with Crippen LogP contribution in [0.4, 0.5) is 13.2 Å². The molecule has 146 valence electrons. The topological polar surface area (TPSA) is 113 Å². The van der Waals surface area contributed by atoms with Crippen LogP contribution in [-0.2, 0) is 19.6 Å². The molecule has 0 aliphatic heterocycles. The molecular formula is C14H17F3N2O6S. The summed E-state index contributed by atoms with van der Waals surface area (Å²) in [5, 5.41) is 8.53. The first-order valence-corrected chi connectivity index (χ1v) is 8.70. The molecule has 0 spiro atoms. The van der Waals surface area contributed by atoms with Gasteiger partial charge in [0, 0.05) is 26.6 Å². The van der Waals surface area contributed by atoms with E-state index in [1.165, 1.54) is 7.05 Å². The van der Waals surface area contributed by atoms with Crippen LogP contribution in [0.3, 0.4) is 0 Å². The maximum Gasteiger partial charge on any atom is 0.573 e. The van der Waals surface area contributed by atoms with E-state index in [-0.39, 0.29) is 30.8 Å². The fourth-order valence-electron chi connectivity index (χ4n) is 1.78. The van der Waals surface area contributed by atoms with Gasteiger partial charge in [0.1, 0.15) is 5.75 Å². The summed E-state index contributed by atoms with van der Waals surface area (Å²) in [4.78, 5) is 23.0. The number of carbonyl (C=O) groups excluding carboxylic acids is 1. The van der Waals surface area contributed by atoms with Crippen molar-refractivity contribution in [2.45, 2.75) is 24.1 Å². The molecule has 0 bridgehead atoms. The van der Waals surface area contributed by atoms with Crippen LogP contribution in [0.15, 0.2) is 29.2 Å². The Bertz CT molecular complexity index is 734. The number of amides is 1. The molecule has 1 amide bonds. The van der Waals surface area contributed by atoms with E-state index in [9.17, 15) is 31.2 Å². The van der Waals surface area contributed by atoms with Crippen LogP contribution >= 0.6 is 0 Å². The lowest BCUT2D eigenvalue weighted by Gasteiger charge is -2.16. The fourth-order valence-corrected chi connectivity index (χ4v) is 2.81. The Morgan fingerprint density at radius 1 is 1.19 bits per heavy atom. The van der Waals surface area contributed by atoms with Crippen LogP contribution in [0, 0.1) is 0 Å². The number of carboxylic acid groups (broad SMARTS) is 1. The largest absolute Gasteiger partial charge is 0.573 e. The summed E-state index contributed by atoms with van der Waals surface area (Å²) in [6.45, 7) is -0.263. The summed E-state index contributed by atoms with van der Waals surface area (Å²) in [5.41, 5.74) is 0. The minimum absolute atomic E-state index is 0.0123. The molecule has 0 radical (unpaired) electrons. The van der Waals surface area contributed by atoms with E-state index in [4.69, 9.17) is 5.11 Å². The summed E-state index contributed by atoms with van der Waals surface area (Å²) < 4.78 is 66.0. The second-order valence-electron chi connectivity index (χ2n) is 5.13. The number of sulfonamides is 1. The molecule has 0 saturated carbocycles. The van der Waals surface area contributed by atoms with Gasteiger partial charge in [-0.05, 0) is 24.3 Å². The van der Waals surface area contributed by atoms with Crippen molar-refractivity contribution < 1.29 is 41.0 Å². The number of carbonyl (C=O) groups is 2. The summed E-state index contributed by atoms with van der Waals surface area (Å²) in [6, 6.07) is 3.58. The minimum Gasteiger partial charge on any atom is -0.481 e. The fraction of sp³-hybridized carbons (Fsp3) is 0.429. The summed E-state index contributed by atoms with van der Waals surface area (Å²) >= 11 is 0. The number of alkyl halides is 3. The Kier molecular flexibility index (Phi) is 7.39. The number of hydrogen-bond donors (Lipinski definition) is 2. The van der Waals surface area contributed by atoms with Gasteiger partial charge >= 0.3 is 12.3 Å². The van der Waals surface area contributed by atoms with Crippen molar-refractivity contribution >= 4 is 21.9 Å². The monoisotopic (exact) mass is 398 g/mol. The van der Waals surface area contributed by atoms with Gasteiger partial charge in [0.25, 0.3) is 0 Å². The zero-order valence-electron chi connectivity index (χ0n) is 13.6. The molecule has 1 aromatic carbocycles. The summed E-state index contributed by atoms with van der Waals surface area (Å²) in [6.07, 6.45) is -5.32. The molecule has 0 saturated heterocycles. The van der Waals surface area contributed by atoms with E-state index < -0.39 is 34.0 Å². The first-order valence-electron chi connectivity index (χ1n) is 7.22. The normalized spacial score (nSPS) is 11.8. The molecule has 12 heteroatoms. The number of nitrogens with one attached hydrogen (secondary N) is 1. The van der Waals surface area contributed by atoms with Gasteiger partial charge in [-0.3, -0.25) is 9.59 Å². The van der Waals surface area contributed by atoms with Crippen LogP contribution in [-0.4, -0.2) is 56.8 Å². The van der Waals surface area contributed by atoms with E-state index in [0.717, 1.165) is 29.2 Å². The van der Waals surface area contributed by atoms with Crippen LogP contribution in [0.25, 0.3) is 0 Å². The molecule has 0 atom stereocenters. The van der Waals surface area contributed by atoms with Gasteiger partial charge in [-0.2, -0.15) is 0 Å². The number of ether oxygens (including phenoxy) is 1. The van der Waals surface area contributed by atoms with Crippen LogP contribution in [0.5, 0.6) is 5.75 Å². The Labute approximate surface area is 147 Å². The van der Waals surface area contributed by atoms with Gasteiger partial charge in [-0.1, -0.05) is 0 Å². The van der Waals surface area contributed by atoms with Gasteiger partial charge in [0.15, 0.2) is 0 Å². The lowest BCUT2D eigenvalue weighted by Crippen LogP contribution is -2.33. The van der Waals surface area contributed by atoms with E-state index >= 15 is 0 Å². The maximum atomic E-state index is 12.1. The molecular weight excluding hydrogens is 381 g/mol. The molecule has 1 aromatic rings. The zero-order chi connectivity index (χ0) is 20.0. The van der Waals surface area contributed by atoms with Gasteiger partial charge < -0.3 is 14.7 Å². The Hall–Kier alpha value is -2.34. The lowest BCUT2D eigenvalue weighted by atomic mass is 10.3. The number of aliphatic carboxylic acids is 1. The highest BCUT2D eigenvalue weighted by Gasteiger charge is 2.31. The highest BCUT2D eigenvalue weighted by Crippen LogP contribution is 2.23. The van der Waals surface area contributed by atoms with Crippen molar-refractivity contribution in [1.29, 1.82) is 0 Å². The molecule has 2 N–H and O–H groups in total. The third-order valence-electron chi connectivity index (χ3n) is 3.09. The predicted octanol–water partition coefficient (Wildman–Crippen LogP) is 1.19. The Morgan fingerprint density at radius 3 is 2.27 bits per heavy atom. The maximum absolute atomic E-state index is 12.1. The van der Waals surface area contributed by atoms with Crippen molar-refractivity contribution in [3.8, 4) is 5.75 Å². The third kappa shape index (κ3) is 7.70. The molecule has 0 aromatic heterocycles. The van der Waals surface area contributed by atoms with Crippen LogP contribution in [0.2, 0.25) is 0 Å². The van der Waals surface area contributed by atoms with Crippen molar-refractivity contribution in [2.75, 3.05) is 20.1 Å². The average Bonchev–Trinajstić information content (AvgIpc) is 2.51. The van der Waals surface area contributed by atoms with Crippen LogP contribution < -0.4 is 9.46 Å². The van der Waals surface area contributed by atoms with Crippen molar-refractivity contribution in [3.05, 3.63) is 24.3 Å². The molecule has 0 aliphatic carbocycles. The highest BCUT2D eigenvalue weighted by molar-refractivity contribution is 7.89. The standard InChI is InChI=1S/C14H17F3N2O6S/c1-19(9-7-13(21)22)12(20)6-8-18-26(23,24)11-4-2-10(3-5-11)25-14(15,16)17/h2-5,18H,6-9H2,1H3,(H,21,22). The number of hydrogen-bond acceptors (Lipinski definition) is 5. The first-order chi connectivity index (χ1) is 11.9. The van der Waals surface area contributed by atoms with E-state index in [0.29, 0.717) is 0 Å². The minimum atomic E-state index is -4.88. The first kappa shape index (κ1) is 21.7. The average molecular weight is 398 g/mol. The molecule has 0 aliphatic rings. The van der Waals surface area contributed by atoms with Gasteiger partial charge in [-0.25, -0.2) is 13.1 Å². The number of benzene rings is 1. The van der Waals surface area contributed by atoms with Gasteiger partial charge in [0.05, 0.1) is 11.3 Å². The van der Waals surface area contributed by atoms with Crippen molar-refractivity contribution in [2.24, 2.45) is 0 Å². The third-order valence-corrected chi connectivity index (χ3v) is 4.56. The van der Waals surface area contributed by atoms with E-state index in [1.54, 1.807) is 0 Å². The van der Waals surface area contributed by atoms with Crippen molar-refractivity contribution in [3.63, 3.8) is 0 Å². The molecule has 8 nitrogen and oxygen atoms in total. The van der Waals surface area contributed by atoms with E-state index in [2.05, 4.69) is 9.46 Å². The second-order valence-corrected chi connectivity index (χ2v) is 6.89. The summed E-state index contributed by atoms with van der Waals surface area (Å²) in [7, 11) is -2.63. The molecule has 1 rings (SSSR count). The quantitative estimate of drug-likeness (QED) is 0.646. The second kappa shape index (κ2) is 8.85. The summed E-state index contributed by atoms with van der Waals surface area (Å²) in [5.74, 6) is -2.09. The number of carboxylic acids is 1. The lowest BCUT2D eigenvalue weighted by molar-refractivity contribution is -0.274. The predicted molar refractivity (Wildman–Crippen MR) is 82.8 cm³/mol. The molecule has 26 heavy (non-hydrogen) atoms. The van der Waals surface area contributed by atoms with Gasteiger partial charge in [-0.15, -0.1) is 13.2 Å². The van der Waals surface area contributed by atoms with E-state index in [1.807, 2.05) is 0 Å². The highest BCUT2D eigenvalue weighted by atomic mass is 32.2. The molecule has 0 fully saturated rings. The smallest absolute Gasteiger partial charge is 0.481 e. The zero-order valence-corrected chi connectivity index (χ0v) is 14.4. The SMILES string of the molecule is CN(CCC(=O)O)C(=O)CCNS(=O)(=O)c1ccc(OC(F)(F)F)cc1. The molecule has 0 unspecified atom stereocenters. The van der Waals surface area contributed by atoms with Crippen LogP contribution in [0.1, 0.15) is 12.8 Å². The number of nitrogens with zero attached hydrogens (tertiary/aromatic N) is 1. The number of rotatable bonds is 9. The Morgan fingerprint density at radius 2 is 1.77 bits per heavy atom. The molecule has 0 heterocycles. The van der Waals surface area contributed by atoms with Gasteiger partial charge in [0.2, 0.25) is 15.9 Å².